The Morgan fingerprint density at radius 3 is 2.40 bits per heavy atom. The molecule has 10 heavy (non-hydrogen) atoms. The van der Waals surface area contributed by atoms with E-state index in [2.05, 4.69) is 13.8 Å². The number of carboxylic acid groups (broad SMARTS) is 1. The highest BCUT2D eigenvalue weighted by molar-refractivity contribution is 5.69. The fraction of sp³-hybridized carbons (Fsp3) is 0.857. The topological polar surface area (TPSA) is 40.5 Å². The summed E-state index contributed by atoms with van der Waals surface area (Å²) >= 11 is 0. The van der Waals surface area contributed by atoms with E-state index in [0.717, 1.165) is 13.1 Å². The maximum absolute atomic E-state index is 10.2. The third kappa shape index (κ3) is 1.70. The molecule has 0 spiro atoms. The molecule has 3 heteroatoms. The summed E-state index contributed by atoms with van der Waals surface area (Å²) in [5.74, 6) is -0.726. The van der Waals surface area contributed by atoms with Crippen molar-refractivity contribution >= 4 is 5.97 Å². The molecule has 1 saturated heterocycles. The first-order valence-electron chi connectivity index (χ1n) is 3.44. The number of hydrogen-bond acceptors (Lipinski definition) is 2. The van der Waals surface area contributed by atoms with E-state index in [-0.39, 0.29) is 6.54 Å². The van der Waals surface area contributed by atoms with Crippen molar-refractivity contribution in [1.82, 2.24) is 4.90 Å². The van der Waals surface area contributed by atoms with Gasteiger partial charge in [-0.1, -0.05) is 13.8 Å². The van der Waals surface area contributed by atoms with Crippen LogP contribution in [0.2, 0.25) is 0 Å². The first kappa shape index (κ1) is 7.54. The average Bonchev–Trinajstić information content (AvgIpc) is 1.57. The van der Waals surface area contributed by atoms with E-state index in [1.54, 1.807) is 0 Å². The van der Waals surface area contributed by atoms with Crippen LogP contribution in [0.4, 0.5) is 0 Å². The van der Waals surface area contributed by atoms with Gasteiger partial charge in [-0.25, -0.2) is 0 Å². The molecule has 0 aromatic rings. The van der Waals surface area contributed by atoms with E-state index in [1.165, 1.54) is 0 Å². The second-order valence-electron chi connectivity index (χ2n) is 3.70. The molecule has 1 aliphatic rings. The predicted octanol–water partition coefficient (Wildman–Crippen LogP) is 0.413. The molecule has 0 radical (unpaired) electrons. The van der Waals surface area contributed by atoms with Crippen molar-refractivity contribution in [2.45, 2.75) is 13.8 Å². The molecule has 1 rings (SSSR count). The molecule has 1 heterocycles. The molecule has 0 atom stereocenters. The highest BCUT2D eigenvalue weighted by atomic mass is 16.4. The van der Waals surface area contributed by atoms with Crippen molar-refractivity contribution in [3.05, 3.63) is 0 Å². The van der Waals surface area contributed by atoms with Crippen molar-refractivity contribution in [2.75, 3.05) is 19.6 Å². The highest BCUT2D eigenvalue weighted by Gasteiger charge is 2.34. The second kappa shape index (κ2) is 2.23. The van der Waals surface area contributed by atoms with Crippen molar-refractivity contribution in [3.8, 4) is 0 Å². The van der Waals surface area contributed by atoms with E-state index in [9.17, 15) is 4.79 Å². The van der Waals surface area contributed by atoms with Crippen molar-refractivity contribution in [2.24, 2.45) is 5.41 Å². The second-order valence-corrected chi connectivity index (χ2v) is 3.70. The fourth-order valence-corrected chi connectivity index (χ4v) is 1.47. The molecule has 1 N–H and O–H groups in total. The van der Waals surface area contributed by atoms with Crippen LogP contribution in [0.3, 0.4) is 0 Å². The van der Waals surface area contributed by atoms with Gasteiger partial charge in [-0.05, 0) is 5.41 Å². The van der Waals surface area contributed by atoms with E-state index < -0.39 is 5.97 Å². The first-order valence-corrected chi connectivity index (χ1v) is 3.44. The molecular formula is C7H13NO2. The quantitative estimate of drug-likeness (QED) is 0.608. The minimum atomic E-state index is -0.726. The van der Waals surface area contributed by atoms with Crippen LogP contribution in [0.5, 0.6) is 0 Å². The summed E-state index contributed by atoms with van der Waals surface area (Å²) < 4.78 is 0. The molecule has 0 bridgehead atoms. The van der Waals surface area contributed by atoms with E-state index in [0.29, 0.717) is 5.41 Å². The Kier molecular flexibility index (Phi) is 1.68. The number of hydrogen-bond donors (Lipinski definition) is 1. The third-order valence-electron chi connectivity index (χ3n) is 1.66. The zero-order chi connectivity index (χ0) is 7.78. The summed E-state index contributed by atoms with van der Waals surface area (Å²) in [4.78, 5) is 12.1. The van der Waals surface area contributed by atoms with Crippen molar-refractivity contribution in [3.63, 3.8) is 0 Å². The molecule has 1 aliphatic heterocycles. The number of carboxylic acids is 1. The Balaban J connectivity index is 2.21. The molecule has 58 valence electrons. The van der Waals surface area contributed by atoms with Gasteiger partial charge in [-0.2, -0.15) is 0 Å². The molecular weight excluding hydrogens is 130 g/mol. The minimum absolute atomic E-state index is 0.198. The minimum Gasteiger partial charge on any atom is -0.480 e. The lowest BCUT2D eigenvalue weighted by atomic mass is 9.84. The summed E-state index contributed by atoms with van der Waals surface area (Å²) in [6.07, 6.45) is 0. The lowest BCUT2D eigenvalue weighted by Crippen LogP contribution is -2.54. The number of carbonyl (C=O) groups is 1. The number of likely N-dealkylation sites (tertiary alicyclic amines) is 1. The Labute approximate surface area is 60.6 Å². The average molecular weight is 143 g/mol. The Bertz CT molecular complexity index is 146. The van der Waals surface area contributed by atoms with E-state index >= 15 is 0 Å². The van der Waals surface area contributed by atoms with Crippen LogP contribution < -0.4 is 0 Å². The standard InChI is InChI=1S/C7H13NO2/c1-7(2)4-8(5-7)3-6(9)10/h3-5H2,1-2H3,(H,9,10). The molecule has 0 aromatic carbocycles. The zero-order valence-electron chi connectivity index (χ0n) is 6.42. The van der Waals surface area contributed by atoms with Gasteiger partial charge in [0.25, 0.3) is 0 Å². The van der Waals surface area contributed by atoms with Gasteiger partial charge in [0.05, 0.1) is 6.54 Å². The zero-order valence-corrected chi connectivity index (χ0v) is 6.42. The van der Waals surface area contributed by atoms with Gasteiger partial charge in [0, 0.05) is 13.1 Å². The van der Waals surface area contributed by atoms with Gasteiger partial charge < -0.3 is 5.11 Å². The Morgan fingerprint density at radius 1 is 1.60 bits per heavy atom. The van der Waals surface area contributed by atoms with Crippen molar-refractivity contribution in [1.29, 1.82) is 0 Å². The molecule has 0 amide bonds. The predicted molar refractivity (Wildman–Crippen MR) is 37.9 cm³/mol. The lowest BCUT2D eigenvalue weighted by Gasteiger charge is -2.44. The highest BCUT2D eigenvalue weighted by Crippen LogP contribution is 2.27. The summed E-state index contributed by atoms with van der Waals surface area (Å²) in [6, 6.07) is 0. The van der Waals surface area contributed by atoms with Crippen LogP contribution in [-0.2, 0) is 4.79 Å². The monoisotopic (exact) mass is 143 g/mol. The van der Waals surface area contributed by atoms with Crippen LogP contribution in [0.25, 0.3) is 0 Å². The summed E-state index contributed by atoms with van der Waals surface area (Å²) in [5, 5.41) is 8.38. The molecule has 0 unspecified atom stereocenters. The molecule has 1 fully saturated rings. The maximum atomic E-state index is 10.2. The van der Waals surface area contributed by atoms with Crippen LogP contribution in [0, 0.1) is 5.41 Å². The summed E-state index contributed by atoms with van der Waals surface area (Å²) in [7, 11) is 0. The third-order valence-corrected chi connectivity index (χ3v) is 1.66. The van der Waals surface area contributed by atoms with Gasteiger partial charge in [-0.3, -0.25) is 9.69 Å². The Hall–Kier alpha value is -0.570. The number of rotatable bonds is 2. The number of nitrogens with zero attached hydrogens (tertiary/aromatic N) is 1. The Morgan fingerprint density at radius 2 is 2.10 bits per heavy atom. The summed E-state index contributed by atoms with van der Waals surface area (Å²) in [6.45, 7) is 6.32. The van der Waals surface area contributed by atoms with E-state index in [1.807, 2.05) is 4.90 Å². The lowest BCUT2D eigenvalue weighted by molar-refractivity contribution is -0.141. The fourth-order valence-electron chi connectivity index (χ4n) is 1.47. The SMILES string of the molecule is CC1(C)CN(CC(=O)O)C1. The van der Waals surface area contributed by atoms with Gasteiger partial charge in [-0.15, -0.1) is 0 Å². The van der Waals surface area contributed by atoms with E-state index in [4.69, 9.17) is 5.11 Å². The normalized spacial score (nSPS) is 23.8. The molecule has 0 saturated carbocycles. The molecule has 0 aromatic heterocycles. The van der Waals surface area contributed by atoms with Crippen molar-refractivity contribution < 1.29 is 9.90 Å². The van der Waals surface area contributed by atoms with Crippen LogP contribution >= 0.6 is 0 Å². The van der Waals surface area contributed by atoms with Crippen LogP contribution in [-0.4, -0.2) is 35.6 Å². The van der Waals surface area contributed by atoms with Gasteiger partial charge in [0.1, 0.15) is 0 Å². The van der Waals surface area contributed by atoms with Crippen LogP contribution in [0.1, 0.15) is 13.8 Å². The van der Waals surface area contributed by atoms with Gasteiger partial charge in [0.2, 0.25) is 0 Å². The number of aliphatic carboxylic acids is 1. The largest absolute Gasteiger partial charge is 0.480 e. The molecule has 0 aliphatic carbocycles. The first-order chi connectivity index (χ1) is 4.49. The molecule has 3 nitrogen and oxygen atoms in total. The van der Waals surface area contributed by atoms with Crippen LogP contribution in [0.15, 0.2) is 0 Å². The van der Waals surface area contributed by atoms with Gasteiger partial charge >= 0.3 is 5.97 Å². The van der Waals surface area contributed by atoms with Gasteiger partial charge in [0.15, 0.2) is 0 Å². The smallest absolute Gasteiger partial charge is 0.317 e. The maximum Gasteiger partial charge on any atom is 0.317 e. The summed E-state index contributed by atoms with van der Waals surface area (Å²) in [5.41, 5.74) is 0.343.